The molecule has 0 saturated carbocycles. The Labute approximate surface area is 142 Å². The van der Waals surface area contributed by atoms with Gasteiger partial charge in [-0.2, -0.15) is 0 Å². The summed E-state index contributed by atoms with van der Waals surface area (Å²) in [4.78, 5) is 17.2. The van der Waals surface area contributed by atoms with Gasteiger partial charge in [0, 0.05) is 37.0 Å². The number of nitrogens with zero attached hydrogens (tertiary/aromatic N) is 2. The van der Waals surface area contributed by atoms with E-state index in [0.717, 1.165) is 57.8 Å². The zero-order valence-corrected chi connectivity index (χ0v) is 14.1. The standard InChI is InChI=1S/C18H23ClN2O2/c19-14-2-1-3-15(12-14)21-8-4-16(17(21)22)20-9-5-18(13-20)6-10-23-11-7-18/h1-3,12,16H,4-11,13H2. The third kappa shape index (κ3) is 2.88. The highest BCUT2D eigenvalue weighted by molar-refractivity contribution is 6.30. The van der Waals surface area contributed by atoms with Crippen molar-refractivity contribution < 1.29 is 9.53 Å². The van der Waals surface area contributed by atoms with Gasteiger partial charge in [0.15, 0.2) is 0 Å². The lowest BCUT2D eigenvalue weighted by atomic mass is 9.80. The van der Waals surface area contributed by atoms with Crippen LogP contribution in [0.1, 0.15) is 25.7 Å². The molecule has 4 rings (SSSR count). The Morgan fingerprint density at radius 1 is 1.17 bits per heavy atom. The molecule has 23 heavy (non-hydrogen) atoms. The maximum absolute atomic E-state index is 12.9. The van der Waals surface area contributed by atoms with Crippen molar-refractivity contribution in [3.63, 3.8) is 0 Å². The summed E-state index contributed by atoms with van der Waals surface area (Å²) >= 11 is 6.07. The van der Waals surface area contributed by atoms with Crippen LogP contribution < -0.4 is 4.90 Å². The normalized spacial score (nSPS) is 28.0. The van der Waals surface area contributed by atoms with Crippen LogP contribution in [-0.2, 0) is 9.53 Å². The van der Waals surface area contributed by atoms with Crippen LogP contribution in [0.3, 0.4) is 0 Å². The molecule has 1 aromatic rings. The third-order valence-corrected chi connectivity index (χ3v) is 5.99. The van der Waals surface area contributed by atoms with Crippen molar-refractivity contribution in [2.24, 2.45) is 5.41 Å². The smallest absolute Gasteiger partial charge is 0.244 e. The fraction of sp³-hybridized carbons (Fsp3) is 0.611. The second-order valence-electron chi connectivity index (χ2n) is 7.11. The van der Waals surface area contributed by atoms with Gasteiger partial charge in [0.1, 0.15) is 0 Å². The number of halogens is 1. The van der Waals surface area contributed by atoms with E-state index < -0.39 is 0 Å². The molecule has 3 heterocycles. The van der Waals surface area contributed by atoms with E-state index in [1.807, 2.05) is 29.2 Å². The van der Waals surface area contributed by atoms with E-state index in [9.17, 15) is 4.79 Å². The first-order valence-electron chi connectivity index (χ1n) is 8.56. The fourth-order valence-electron chi connectivity index (χ4n) is 4.35. The molecule has 0 N–H and O–H groups in total. The highest BCUT2D eigenvalue weighted by Crippen LogP contribution is 2.41. The molecular weight excluding hydrogens is 312 g/mol. The van der Waals surface area contributed by atoms with Gasteiger partial charge in [-0.25, -0.2) is 0 Å². The predicted molar refractivity (Wildman–Crippen MR) is 90.9 cm³/mol. The van der Waals surface area contributed by atoms with E-state index in [1.54, 1.807) is 0 Å². The minimum absolute atomic E-state index is 0.0381. The Hall–Kier alpha value is -1.10. The number of benzene rings is 1. The quantitative estimate of drug-likeness (QED) is 0.833. The Morgan fingerprint density at radius 3 is 2.78 bits per heavy atom. The van der Waals surface area contributed by atoms with Crippen LogP contribution in [-0.4, -0.2) is 49.7 Å². The van der Waals surface area contributed by atoms with Crippen LogP contribution >= 0.6 is 11.6 Å². The lowest BCUT2D eigenvalue weighted by Crippen LogP contribution is -2.42. The van der Waals surface area contributed by atoms with Crippen molar-refractivity contribution in [1.82, 2.24) is 4.90 Å². The molecule has 5 heteroatoms. The Kier molecular flexibility index (Phi) is 4.08. The number of anilines is 1. The molecule has 0 bridgehead atoms. The van der Waals surface area contributed by atoms with Gasteiger partial charge in [-0.15, -0.1) is 0 Å². The van der Waals surface area contributed by atoms with Crippen LogP contribution in [0.2, 0.25) is 5.02 Å². The van der Waals surface area contributed by atoms with Gasteiger partial charge in [-0.05, 0) is 55.8 Å². The van der Waals surface area contributed by atoms with Gasteiger partial charge in [-0.1, -0.05) is 17.7 Å². The number of carbonyl (C=O) groups excluding carboxylic acids is 1. The summed E-state index contributed by atoms with van der Waals surface area (Å²) in [6, 6.07) is 7.64. The Morgan fingerprint density at radius 2 is 2.00 bits per heavy atom. The van der Waals surface area contributed by atoms with Crippen molar-refractivity contribution in [3.05, 3.63) is 29.3 Å². The van der Waals surface area contributed by atoms with Gasteiger partial charge < -0.3 is 9.64 Å². The molecule has 1 spiro atoms. The molecule has 1 unspecified atom stereocenters. The molecule has 3 fully saturated rings. The van der Waals surface area contributed by atoms with E-state index in [1.165, 1.54) is 6.42 Å². The topological polar surface area (TPSA) is 32.8 Å². The zero-order chi connectivity index (χ0) is 15.9. The van der Waals surface area contributed by atoms with Crippen molar-refractivity contribution in [1.29, 1.82) is 0 Å². The number of hydrogen-bond donors (Lipinski definition) is 0. The Balaban J connectivity index is 1.46. The summed E-state index contributed by atoms with van der Waals surface area (Å²) in [6.45, 7) is 4.63. The third-order valence-electron chi connectivity index (χ3n) is 5.76. The second kappa shape index (κ2) is 6.08. The molecule has 0 aliphatic carbocycles. The summed E-state index contributed by atoms with van der Waals surface area (Å²) in [7, 11) is 0. The number of ether oxygens (including phenoxy) is 1. The van der Waals surface area contributed by atoms with E-state index in [2.05, 4.69) is 4.90 Å². The molecule has 0 radical (unpaired) electrons. The SMILES string of the molecule is O=C1C(N2CCC3(CCOCC3)C2)CCN1c1cccc(Cl)c1. The molecule has 0 aromatic heterocycles. The first-order chi connectivity index (χ1) is 11.2. The molecule has 4 nitrogen and oxygen atoms in total. The number of likely N-dealkylation sites (tertiary alicyclic amines) is 1. The first kappa shape index (κ1) is 15.4. The van der Waals surface area contributed by atoms with E-state index in [0.29, 0.717) is 10.4 Å². The van der Waals surface area contributed by atoms with Crippen molar-refractivity contribution >= 4 is 23.2 Å². The van der Waals surface area contributed by atoms with Crippen LogP contribution in [0.15, 0.2) is 24.3 Å². The first-order valence-corrected chi connectivity index (χ1v) is 8.94. The number of carbonyl (C=O) groups is 1. The second-order valence-corrected chi connectivity index (χ2v) is 7.54. The van der Waals surface area contributed by atoms with Crippen molar-refractivity contribution in [2.75, 3.05) is 37.7 Å². The van der Waals surface area contributed by atoms with Gasteiger partial charge in [0.05, 0.1) is 6.04 Å². The van der Waals surface area contributed by atoms with Gasteiger partial charge >= 0.3 is 0 Å². The maximum Gasteiger partial charge on any atom is 0.244 e. The zero-order valence-electron chi connectivity index (χ0n) is 13.3. The van der Waals surface area contributed by atoms with Gasteiger partial charge in [0.2, 0.25) is 5.91 Å². The summed E-state index contributed by atoms with van der Waals surface area (Å²) in [5.41, 5.74) is 1.31. The predicted octanol–water partition coefficient (Wildman–Crippen LogP) is 2.95. The molecular formula is C18H23ClN2O2. The minimum atomic E-state index is 0.0381. The number of rotatable bonds is 2. The van der Waals surface area contributed by atoms with Crippen molar-refractivity contribution in [3.8, 4) is 0 Å². The summed E-state index contributed by atoms with van der Waals surface area (Å²) < 4.78 is 5.52. The fourth-order valence-corrected chi connectivity index (χ4v) is 4.54. The minimum Gasteiger partial charge on any atom is -0.381 e. The van der Waals surface area contributed by atoms with Crippen LogP contribution in [0.5, 0.6) is 0 Å². The number of amides is 1. The molecule has 1 atom stereocenters. The maximum atomic E-state index is 12.9. The molecule has 3 aliphatic heterocycles. The van der Waals surface area contributed by atoms with E-state index in [-0.39, 0.29) is 11.9 Å². The lowest BCUT2D eigenvalue weighted by molar-refractivity contribution is -0.121. The van der Waals surface area contributed by atoms with E-state index in [4.69, 9.17) is 16.3 Å². The Bertz CT molecular complexity index is 600. The largest absolute Gasteiger partial charge is 0.381 e. The van der Waals surface area contributed by atoms with Crippen molar-refractivity contribution in [2.45, 2.75) is 31.7 Å². The summed E-state index contributed by atoms with van der Waals surface area (Å²) in [5.74, 6) is 0.233. The van der Waals surface area contributed by atoms with Gasteiger partial charge in [0.25, 0.3) is 0 Å². The molecule has 3 aliphatic rings. The van der Waals surface area contributed by atoms with Crippen LogP contribution in [0.25, 0.3) is 0 Å². The summed E-state index contributed by atoms with van der Waals surface area (Å²) in [6.07, 6.45) is 4.40. The average molecular weight is 335 g/mol. The average Bonchev–Trinajstić information content (AvgIpc) is 3.12. The van der Waals surface area contributed by atoms with E-state index >= 15 is 0 Å². The highest BCUT2D eigenvalue weighted by atomic mass is 35.5. The number of hydrogen-bond acceptors (Lipinski definition) is 3. The molecule has 1 amide bonds. The summed E-state index contributed by atoms with van der Waals surface area (Å²) in [5, 5.41) is 0.682. The van der Waals surface area contributed by atoms with Gasteiger partial charge in [-0.3, -0.25) is 9.69 Å². The van der Waals surface area contributed by atoms with Crippen LogP contribution in [0.4, 0.5) is 5.69 Å². The van der Waals surface area contributed by atoms with Crippen LogP contribution in [0, 0.1) is 5.41 Å². The molecule has 3 saturated heterocycles. The molecule has 1 aromatic carbocycles. The lowest BCUT2D eigenvalue weighted by Gasteiger charge is -2.34. The molecule has 124 valence electrons. The highest BCUT2D eigenvalue weighted by Gasteiger charge is 2.45. The monoisotopic (exact) mass is 334 g/mol.